The first-order valence-electron chi connectivity index (χ1n) is 7.28. The SMILES string of the molecule is COc1ccccc1C(CC(=O)c1ccccc1)C(Br)(C#N)C#N. The van der Waals surface area contributed by atoms with Crippen molar-refractivity contribution in [3.63, 3.8) is 0 Å². The van der Waals surface area contributed by atoms with Crippen LogP contribution in [0.3, 0.4) is 0 Å². The molecule has 2 aromatic rings. The first kappa shape index (κ1) is 17.7. The topological polar surface area (TPSA) is 73.9 Å². The van der Waals surface area contributed by atoms with Gasteiger partial charge in [0.2, 0.25) is 4.32 Å². The Labute approximate surface area is 149 Å². The number of para-hydroxylation sites is 1. The van der Waals surface area contributed by atoms with Crippen LogP contribution in [0.15, 0.2) is 54.6 Å². The lowest BCUT2D eigenvalue weighted by molar-refractivity contribution is 0.0972. The number of carbonyl (C=O) groups is 1. The van der Waals surface area contributed by atoms with E-state index in [0.717, 1.165) is 0 Å². The zero-order valence-corrected chi connectivity index (χ0v) is 14.7. The molecule has 1 atom stereocenters. The number of nitriles is 2. The van der Waals surface area contributed by atoms with Crippen molar-refractivity contribution in [2.24, 2.45) is 0 Å². The second kappa shape index (κ2) is 7.77. The summed E-state index contributed by atoms with van der Waals surface area (Å²) in [5.41, 5.74) is 1.19. The standard InChI is InChI=1S/C19H15BrN2O2/c1-24-18-10-6-5-9-15(18)16(19(20,12-21)13-22)11-17(23)14-7-3-2-4-8-14/h2-10,16H,11H2,1H3. The van der Waals surface area contributed by atoms with E-state index >= 15 is 0 Å². The maximum atomic E-state index is 12.6. The number of nitrogens with zero attached hydrogens (tertiary/aromatic N) is 2. The van der Waals surface area contributed by atoms with Gasteiger partial charge in [0, 0.05) is 23.5 Å². The number of methoxy groups -OCH3 is 1. The molecule has 0 radical (unpaired) electrons. The van der Waals surface area contributed by atoms with Crippen LogP contribution in [-0.4, -0.2) is 17.2 Å². The molecule has 0 aliphatic heterocycles. The fraction of sp³-hybridized carbons (Fsp3) is 0.211. The highest BCUT2D eigenvalue weighted by Gasteiger charge is 2.41. The van der Waals surface area contributed by atoms with Gasteiger partial charge in [0.15, 0.2) is 5.78 Å². The Kier molecular flexibility index (Phi) is 5.73. The highest BCUT2D eigenvalue weighted by atomic mass is 79.9. The second-order valence-electron chi connectivity index (χ2n) is 5.22. The van der Waals surface area contributed by atoms with Gasteiger partial charge in [-0.05, 0) is 6.07 Å². The Balaban J connectivity index is 2.47. The van der Waals surface area contributed by atoms with Gasteiger partial charge < -0.3 is 4.74 Å². The van der Waals surface area contributed by atoms with Crippen LogP contribution in [0.2, 0.25) is 0 Å². The third kappa shape index (κ3) is 3.64. The van der Waals surface area contributed by atoms with E-state index in [9.17, 15) is 15.3 Å². The molecule has 120 valence electrons. The number of halogens is 1. The highest BCUT2D eigenvalue weighted by Crippen LogP contribution is 2.42. The maximum Gasteiger partial charge on any atom is 0.204 e. The molecule has 24 heavy (non-hydrogen) atoms. The fourth-order valence-corrected chi connectivity index (χ4v) is 2.94. The van der Waals surface area contributed by atoms with Crippen molar-refractivity contribution in [1.82, 2.24) is 0 Å². The van der Waals surface area contributed by atoms with Crippen molar-refractivity contribution in [2.45, 2.75) is 16.7 Å². The summed E-state index contributed by atoms with van der Waals surface area (Å²) >= 11 is 3.22. The Morgan fingerprint density at radius 3 is 2.29 bits per heavy atom. The molecule has 4 nitrogen and oxygen atoms in total. The number of ether oxygens (including phenoxy) is 1. The molecule has 2 aromatic carbocycles. The number of benzene rings is 2. The van der Waals surface area contributed by atoms with Crippen LogP contribution in [0.5, 0.6) is 5.75 Å². The molecule has 0 saturated carbocycles. The first-order valence-corrected chi connectivity index (χ1v) is 8.07. The monoisotopic (exact) mass is 382 g/mol. The molecule has 0 fully saturated rings. The largest absolute Gasteiger partial charge is 0.496 e. The molecular formula is C19H15BrN2O2. The van der Waals surface area contributed by atoms with E-state index in [1.165, 1.54) is 7.11 Å². The Morgan fingerprint density at radius 1 is 1.12 bits per heavy atom. The number of rotatable bonds is 6. The number of ketones is 1. The van der Waals surface area contributed by atoms with E-state index in [4.69, 9.17) is 4.74 Å². The third-order valence-corrected chi connectivity index (χ3v) is 4.71. The summed E-state index contributed by atoms with van der Waals surface area (Å²) in [6.07, 6.45) is 0.0107. The van der Waals surface area contributed by atoms with Crippen LogP contribution in [0.25, 0.3) is 0 Å². The van der Waals surface area contributed by atoms with Gasteiger partial charge in [-0.25, -0.2) is 0 Å². The van der Waals surface area contributed by atoms with E-state index in [-0.39, 0.29) is 12.2 Å². The average Bonchev–Trinajstić information content (AvgIpc) is 2.66. The molecule has 0 saturated heterocycles. The predicted molar refractivity (Wildman–Crippen MR) is 94.0 cm³/mol. The van der Waals surface area contributed by atoms with Crippen molar-refractivity contribution in [3.8, 4) is 17.9 Å². The van der Waals surface area contributed by atoms with Gasteiger partial charge in [-0.2, -0.15) is 10.5 Å². The van der Waals surface area contributed by atoms with Gasteiger partial charge in [0.05, 0.1) is 19.2 Å². The minimum atomic E-state index is -1.52. The molecular weight excluding hydrogens is 368 g/mol. The molecule has 0 aliphatic carbocycles. The van der Waals surface area contributed by atoms with Crippen LogP contribution in [0.1, 0.15) is 28.3 Å². The molecule has 0 heterocycles. The fourth-order valence-electron chi connectivity index (χ4n) is 2.53. The smallest absolute Gasteiger partial charge is 0.204 e. The lowest BCUT2D eigenvalue weighted by atomic mass is 9.82. The summed E-state index contributed by atoms with van der Waals surface area (Å²) < 4.78 is 3.83. The molecule has 0 aliphatic rings. The van der Waals surface area contributed by atoms with E-state index in [1.54, 1.807) is 48.5 Å². The number of hydrogen-bond donors (Lipinski definition) is 0. The zero-order valence-electron chi connectivity index (χ0n) is 13.1. The van der Waals surface area contributed by atoms with Crippen LogP contribution in [-0.2, 0) is 0 Å². The minimum absolute atomic E-state index is 0.0107. The van der Waals surface area contributed by atoms with Gasteiger partial charge in [-0.3, -0.25) is 4.79 Å². The summed E-state index contributed by atoms with van der Waals surface area (Å²) in [7, 11) is 1.52. The van der Waals surface area contributed by atoms with Gasteiger partial charge in [-0.1, -0.05) is 64.5 Å². The average molecular weight is 383 g/mol. The van der Waals surface area contributed by atoms with Gasteiger partial charge in [-0.15, -0.1) is 0 Å². The lowest BCUT2D eigenvalue weighted by Gasteiger charge is -2.25. The van der Waals surface area contributed by atoms with Crippen LogP contribution >= 0.6 is 15.9 Å². The quantitative estimate of drug-likeness (QED) is 0.553. The Hall–Kier alpha value is -2.63. The van der Waals surface area contributed by atoms with Crippen molar-refractivity contribution < 1.29 is 9.53 Å². The Bertz CT molecular complexity index is 792. The normalized spacial score (nSPS) is 11.8. The minimum Gasteiger partial charge on any atom is -0.496 e. The summed E-state index contributed by atoms with van der Waals surface area (Å²) in [5, 5.41) is 19.0. The number of Topliss-reactive ketones (excluding diaryl/α,β-unsaturated/α-hetero) is 1. The van der Waals surface area contributed by atoms with Crippen LogP contribution in [0.4, 0.5) is 0 Å². The van der Waals surface area contributed by atoms with Crippen LogP contribution in [0, 0.1) is 22.7 Å². The molecule has 0 aromatic heterocycles. The molecule has 0 N–H and O–H groups in total. The van der Waals surface area contributed by atoms with E-state index < -0.39 is 10.2 Å². The number of hydrogen-bond acceptors (Lipinski definition) is 4. The van der Waals surface area contributed by atoms with Crippen molar-refractivity contribution in [1.29, 1.82) is 10.5 Å². The predicted octanol–water partition coefficient (Wildman–Crippen LogP) is 4.23. The van der Waals surface area contributed by atoms with E-state index in [1.807, 2.05) is 18.2 Å². The Morgan fingerprint density at radius 2 is 1.71 bits per heavy atom. The first-order chi connectivity index (χ1) is 11.6. The molecule has 5 heteroatoms. The lowest BCUT2D eigenvalue weighted by Crippen LogP contribution is -2.28. The van der Waals surface area contributed by atoms with Crippen LogP contribution < -0.4 is 4.74 Å². The van der Waals surface area contributed by atoms with Crippen molar-refractivity contribution in [2.75, 3.05) is 7.11 Å². The number of carbonyl (C=O) groups excluding carboxylic acids is 1. The molecule has 0 bridgehead atoms. The van der Waals surface area contributed by atoms with Gasteiger partial charge in [0.25, 0.3) is 0 Å². The summed E-state index contributed by atoms with van der Waals surface area (Å²) in [6, 6.07) is 19.9. The number of alkyl halides is 1. The van der Waals surface area contributed by atoms with E-state index in [2.05, 4.69) is 15.9 Å². The van der Waals surface area contributed by atoms with E-state index in [0.29, 0.717) is 16.9 Å². The highest BCUT2D eigenvalue weighted by molar-refractivity contribution is 9.10. The van der Waals surface area contributed by atoms with Crippen molar-refractivity contribution >= 4 is 21.7 Å². The summed E-state index contributed by atoms with van der Waals surface area (Å²) in [4.78, 5) is 12.6. The van der Waals surface area contributed by atoms with Gasteiger partial charge in [0.1, 0.15) is 5.75 Å². The zero-order chi connectivity index (χ0) is 17.6. The molecule has 0 spiro atoms. The van der Waals surface area contributed by atoms with Gasteiger partial charge >= 0.3 is 0 Å². The summed E-state index contributed by atoms with van der Waals surface area (Å²) in [6.45, 7) is 0. The molecule has 0 amide bonds. The summed E-state index contributed by atoms with van der Waals surface area (Å²) in [5.74, 6) is -0.269. The second-order valence-corrected chi connectivity index (χ2v) is 6.47. The van der Waals surface area contributed by atoms with Crippen molar-refractivity contribution in [3.05, 3.63) is 65.7 Å². The third-order valence-electron chi connectivity index (χ3n) is 3.81. The molecule has 2 rings (SSSR count). The maximum absolute atomic E-state index is 12.6. The molecule has 1 unspecified atom stereocenters.